The van der Waals surface area contributed by atoms with Gasteiger partial charge in [0, 0.05) is 31.2 Å². The maximum atomic E-state index is 13.0. The van der Waals surface area contributed by atoms with Crippen molar-refractivity contribution in [2.75, 3.05) is 31.1 Å². The predicted molar refractivity (Wildman–Crippen MR) is 102 cm³/mol. The summed E-state index contributed by atoms with van der Waals surface area (Å²) in [5.41, 5.74) is 7.63. The third-order valence-corrected chi connectivity index (χ3v) is 7.88. The van der Waals surface area contributed by atoms with Gasteiger partial charge < -0.3 is 10.6 Å². The Balaban J connectivity index is 1.86. The molecule has 2 aliphatic rings. The summed E-state index contributed by atoms with van der Waals surface area (Å²) in [5.74, 6) is 0.426. The van der Waals surface area contributed by atoms with Crippen LogP contribution >= 0.6 is 0 Å². The number of fused-ring (bicyclic) bond motifs is 1. The van der Waals surface area contributed by atoms with E-state index in [1.807, 2.05) is 18.7 Å². The normalized spacial score (nSPS) is 22.8. The molecule has 2 N–H and O–H groups in total. The van der Waals surface area contributed by atoms with Crippen LogP contribution in [0.15, 0.2) is 23.1 Å². The number of benzene rings is 1. The Kier molecular flexibility index (Phi) is 5.69. The Labute approximate surface area is 156 Å². The van der Waals surface area contributed by atoms with Crippen LogP contribution in [-0.4, -0.2) is 44.8 Å². The highest BCUT2D eigenvalue weighted by molar-refractivity contribution is 7.89. The molecule has 3 rings (SSSR count). The van der Waals surface area contributed by atoms with Gasteiger partial charge in [0.05, 0.1) is 4.90 Å². The lowest BCUT2D eigenvalue weighted by Gasteiger charge is -2.25. The summed E-state index contributed by atoms with van der Waals surface area (Å²) in [6.07, 6.45) is 3.68. The SMILES string of the molecule is CCN(CC)S(=O)(=O)c1ccc2c(c1)CCN2C(=O)[C@@H]1CCC[C@@H]1CN. The molecule has 0 unspecified atom stereocenters. The van der Waals surface area contributed by atoms with Crippen LogP contribution in [0.1, 0.15) is 38.7 Å². The number of nitrogens with two attached hydrogens (primary N) is 1. The maximum absolute atomic E-state index is 13.0. The van der Waals surface area contributed by atoms with E-state index >= 15 is 0 Å². The standard InChI is InChI=1S/C19H29N3O3S/c1-3-21(4-2)26(24,25)16-8-9-18-14(12-16)10-11-22(18)19(23)17-7-5-6-15(17)13-20/h8-9,12,15,17H,3-7,10-11,13,20H2,1-2H3/t15-,17-/m1/s1. The second kappa shape index (κ2) is 7.66. The van der Waals surface area contributed by atoms with Crippen LogP contribution < -0.4 is 10.6 Å². The zero-order valence-electron chi connectivity index (χ0n) is 15.6. The Bertz CT molecular complexity index is 774. The molecule has 7 heteroatoms. The Morgan fingerprint density at radius 3 is 2.65 bits per heavy atom. The minimum absolute atomic E-state index is 0.00466. The minimum atomic E-state index is -3.48. The van der Waals surface area contributed by atoms with E-state index in [2.05, 4.69) is 0 Å². The number of sulfonamides is 1. The molecule has 1 fully saturated rings. The van der Waals surface area contributed by atoms with Crippen LogP contribution in [0.4, 0.5) is 5.69 Å². The third-order valence-electron chi connectivity index (χ3n) is 5.83. The smallest absolute Gasteiger partial charge is 0.243 e. The molecule has 1 heterocycles. The second-order valence-corrected chi connectivity index (χ2v) is 9.09. The number of nitrogens with zero attached hydrogens (tertiary/aromatic N) is 2. The molecule has 0 spiro atoms. The van der Waals surface area contributed by atoms with Crippen molar-refractivity contribution in [3.8, 4) is 0 Å². The van der Waals surface area contributed by atoms with Crippen molar-refractivity contribution in [1.29, 1.82) is 0 Å². The zero-order chi connectivity index (χ0) is 18.9. The zero-order valence-corrected chi connectivity index (χ0v) is 16.5. The topological polar surface area (TPSA) is 83.7 Å². The fraction of sp³-hybridized carbons (Fsp3) is 0.632. The maximum Gasteiger partial charge on any atom is 0.243 e. The van der Waals surface area contributed by atoms with Gasteiger partial charge in [-0.3, -0.25) is 4.79 Å². The molecular weight excluding hydrogens is 350 g/mol. The Morgan fingerprint density at radius 1 is 1.27 bits per heavy atom. The summed E-state index contributed by atoms with van der Waals surface area (Å²) < 4.78 is 26.9. The minimum Gasteiger partial charge on any atom is -0.330 e. The van der Waals surface area contributed by atoms with Crippen LogP contribution in [0.5, 0.6) is 0 Å². The van der Waals surface area contributed by atoms with Gasteiger partial charge in [-0.1, -0.05) is 20.3 Å². The Morgan fingerprint density at radius 2 is 2.00 bits per heavy atom. The van der Waals surface area contributed by atoms with Crippen molar-refractivity contribution in [2.24, 2.45) is 17.6 Å². The number of carbonyl (C=O) groups is 1. The molecular formula is C19H29N3O3S. The number of anilines is 1. The fourth-order valence-corrected chi connectivity index (χ4v) is 5.83. The molecule has 26 heavy (non-hydrogen) atoms. The monoisotopic (exact) mass is 379 g/mol. The summed E-state index contributed by atoms with van der Waals surface area (Å²) in [4.78, 5) is 15.2. The van der Waals surface area contributed by atoms with Crippen LogP contribution in [0.2, 0.25) is 0 Å². The van der Waals surface area contributed by atoms with Crippen LogP contribution in [0.3, 0.4) is 0 Å². The molecule has 6 nitrogen and oxygen atoms in total. The summed E-state index contributed by atoms with van der Waals surface area (Å²) in [6.45, 7) is 5.74. The van der Waals surface area contributed by atoms with E-state index in [4.69, 9.17) is 5.73 Å². The highest BCUT2D eigenvalue weighted by Gasteiger charge is 2.37. The van der Waals surface area contributed by atoms with Crippen molar-refractivity contribution < 1.29 is 13.2 Å². The molecule has 0 bridgehead atoms. The first-order valence-electron chi connectivity index (χ1n) is 9.58. The lowest BCUT2D eigenvalue weighted by molar-refractivity contribution is -0.123. The molecule has 0 aromatic heterocycles. The van der Waals surface area contributed by atoms with E-state index in [0.717, 1.165) is 30.5 Å². The lowest BCUT2D eigenvalue weighted by atomic mass is 9.94. The van der Waals surface area contributed by atoms with E-state index in [9.17, 15) is 13.2 Å². The Hall–Kier alpha value is -1.44. The average Bonchev–Trinajstić information content (AvgIpc) is 3.28. The van der Waals surface area contributed by atoms with Gasteiger partial charge in [-0.25, -0.2) is 8.42 Å². The molecule has 1 aliphatic carbocycles. The van der Waals surface area contributed by atoms with Crippen molar-refractivity contribution >= 4 is 21.6 Å². The largest absolute Gasteiger partial charge is 0.330 e. The third kappa shape index (κ3) is 3.28. The summed E-state index contributed by atoms with van der Waals surface area (Å²) in [5, 5.41) is 0. The summed E-state index contributed by atoms with van der Waals surface area (Å²) in [7, 11) is -3.48. The molecule has 144 valence electrons. The number of amides is 1. The van der Waals surface area contributed by atoms with Gasteiger partial charge in [-0.2, -0.15) is 4.31 Å². The van der Waals surface area contributed by atoms with E-state index in [1.165, 1.54) is 4.31 Å². The van der Waals surface area contributed by atoms with Crippen molar-refractivity contribution in [3.05, 3.63) is 23.8 Å². The van der Waals surface area contributed by atoms with Crippen molar-refractivity contribution in [2.45, 2.75) is 44.4 Å². The lowest BCUT2D eigenvalue weighted by Crippen LogP contribution is -2.38. The van der Waals surface area contributed by atoms with Gasteiger partial charge in [0.25, 0.3) is 0 Å². The van der Waals surface area contributed by atoms with Gasteiger partial charge in [-0.15, -0.1) is 0 Å². The highest BCUT2D eigenvalue weighted by atomic mass is 32.2. The summed E-state index contributed by atoms with van der Waals surface area (Å²) >= 11 is 0. The van der Waals surface area contributed by atoms with E-state index in [0.29, 0.717) is 37.5 Å². The van der Waals surface area contributed by atoms with Crippen molar-refractivity contribution in [1.82, 2.24) is 4.31 Å². The summed E-state index contributed by atoms with van der Waals surface area (Å²) in [6, 6.07) is 5.17. The van der Waals surface area contributed by atoms with Gasteiger partial charge in [0.1, 0.15) is 0 Å². The number of hydrogen-bond acceptors (Lipinski definition) is 4. The van der Waals surface area contributed by atoms with Crippen LogP contribution in [-0.2, 0) is 21.2 Å². The van der Waals surface area contributed by atoms with E-state index in [-0.39, 0.29) is 17.7 Å². The first-order valence-corrected chi connectivity index (χ1v) is 11.0. The number of rotatable bonds is 6. The van der Waals surface area contributed by atoms with Crippen LogP contribution in [0, 0.1) is 11.8 Å². The van der Waals surface area contributed by atoms with Crippen LogP contribution in [0.25, 0.3) is 0 Å². The molecule has 2 atom stereocenters. The molecule has 1 aromatic rings. The highest BCUT2D eigenvalue weighted by Crippen LogP contribution is 2.37. The fourth-order valence-electron chi connectivity index (χ4n) is 4.32. The molecule has 1 aromatic carbocycles. The van der Waals surface area contributed by atoms with Gasteiger partial charge in [0.2, 0.25) is 15.9 Å². The number of hydrogen-bond donors (Lipinski definition) is 1. The second-order valence-electron chi connectivity index (χ2n) is 7.15. The van der Waals surface area contributed by atoms with E-state index < -0.39 is 10.0 Å². The molecule has 1 saturated carbocycles. The number of carbonyl (C=O) groups excluding carboxylic acids is 1. The van der Waals surface area contributed by atoms with Gasteiger partial charge in [-0.05, 0) is 55.5 Å². The molecule has 0 radical (unpaired) electrons. The predicted octanol–water partition coefficient (Wildman–Crippen LogP) is 1.98. The average molecular weight is 380 g/mol. The molecule has 1 aliphatic heterocycles. The van der Waals surface area contributed by atoms with Crippen molar-refractivity contribution in [3.63, 3.8) is 0 Å². The first kappa shape index (κ1) is 19.3. The molecule has 0 saturated heterocycles. The molecule has 1 amide bonds. The van der Waals surface area contributed by atoms with E-state index in [1.54, 1.807) is 18.2 Å². The van der Waals surface area contributed by atoms with Gasteiger partial charge in [0.15, 0.2) is 0 Å². The van der Waals surface area contributed by atoms with Gasteiger partial charge >= 0.3 is 0 Å². The first-order chi connectivity index (χ1) is 12.4. The quantitative estimate of drug-likeness (QED) is 0.819.